The van der Waals surface area contributed by atoms with Gasteiger partial charge in [-0.2, -0.15) is 0 Å². The molecule has 25 heavy (non-hydrogen) atoms. The fraction of sp³-hybridized carbons (Fsp3) is 0.600. The van der Waals surface area contributed by atoms with Gasteiger partial charge in [0.1, 0.15) is 0 Å². The summed E-state index contributed by atoms with van der Waals surface area (Å²) in [6.45, 7) is 9.43. The first kappa shape index (κ1) is 19.4. The van der Waals surface area contributed by atoms with E-state index in [0.717, 1.165) is 25.8 Å². The van der Waals surface area contributed by atoms with Crippen LogP contribution in [0.4, 0.5) is 0 Å². The molecule has 0 aliphatic carbocycles. The predicted octanol–water partition coefficient (Wildman–Crippen LogP) is 1.98. The van der Waals surface area contributed by atoms with E-state index in [4.69, 9.17) is 5.73 Å². The fourth-order valence-electron chi connectivity index (χ4n) is 3.54. The van der Waals surface area contributed by atoms with E-state index in [1.54, 1.807) is 0 Å². The van der Waals surface area contributed by atoms with E-state index >= 15 is 0 Å². The van der Waals surface area contributed by atoms with Crippen LogP contribution in [0.15, 0.2) is 24.3 Å². The molecule has 0 spiro atoms. The second-order valence-corrected chi connectivity index (χ2v) is 8.25. The van der Waals surface area contributed by atoms with Gasteiger partial charge in [0.2, 0.25) is 11.8 Å². The largest absolute Gasteiger partial charge is 0.346 e. The quantitative estimate of drug-likeness (QED) is 0.857. The van der Waals surface area contributed by atoms with Gasteiger partial charge in [0.25, 0.3) is 0 Å². The van der Waals surface area contributed by atoms with Crippen LogP contribution in [0.2, 0.25) is 0 Å². The minimum absolute atomic E-state index is 0.0224. The lowest BCUT2D eigenvalue weighted by Gasteiger charge is -2.36. The van der Waals surface area contributed by atoms with Crippen molar-refractivity contribution < 1.29 is 9.59 Å². The zero-order chi connectivity index (χ0) is 18.7. The van der Waals surface area contributed by atoms with E-state index in [9.17, 15) is 9.59 Å². The first-order chi connectivity index (χ1) is 11.7. The Labute approximate surface area is 151 Å². The number of amides is 2. The van der Waals surface area contributed by atoms with Crippen LogP contribution >= 0.6 is 0 Å². The molecule has 138 valence electrons. The zero-order valence-corrected chi connectivity index (χ0v) is 15.9. The van der Waals surface area contributed by atoms with Gasteiger partial charge in [-0.15, -0.1) is 0 Å². The summed E-state index contributed by atoms with van der Waals surface area (Å²) in [5, 5.41) is 2.58. The van der Waals surface area contributed by atoms with Crippen molar-refractivity contribution in [1.29, 1.82) is 0 Å². The Kier molecular flexibility index (Phi) is 5.88. The molecular weight excluding hydrogens is 314 g/mol. The van der Waals surface area contributed by atoms with Crippen molar-refractivity contribution in [3.63, 3.8) is 0 Å². The first-order valence-electron chi connectivity index (χ1n) is 9.02. The monoisotopic (exact) mass is 345 g/mol. The highest BCUT2D eigenvalue weighted by Gasteiger charge is 2.39. The highest BCUT2D eigenvalue weighted by Crippen LogP contribution is 2.33. The van der Waals surface area contributed by atoms with E-state index in [2.05, 4.69) is 57.3 Å². The molecular formula is C20H31N3O2. The molecule has 5 heteroatoms. The van der Waals surface area contributed by atoms with Gasteiger partial charge in [-0.1, -0.05) is 45.0 Å². The number of hydrogen-bond donors (Lipinski definition) is 2. The maximum absolute atomic E-state index is 12.5. The number of nitrogens with one attached hydrogen (secondary N) is 1. The molecule has 1 aromatic carbocycles. The Morgan fingerprint density at radius 1 is 1.24 bits per heavy atom. The van der Waals surface area contributed by atoms with Crippen molar-refractivity contribution >= 4 is 11.8 Å². The first-order valence-corrected chi connectivity index (χ1v) is 9.02. The molecule has 1 unspecified atom stereocenters. The molecule has 2 rings (SSSR count). The Morgan fingerprint density at radius 2 is 1.88 bits per heavy atom. The van der Waals surface area contributed by atoms with Gasteiger partial charge >= 0.3 is 0 Å². The summed E-state index contributed by atoms with van der Waals surface area (Å²) in [4.78, 5) is 25.7. The highest BCUT2D eigenvalue weighted by molar-refractivity contribution is 5.86. The Morgan fingerprint density at radius 3 is 2.44 bits per heavy atom. The van der Waals surface area contributed by atoms with Crippen molar-refractivity contribution in [1.82, 2.24) is 10.2 Å². The Hall–Kier alpha value is -1.88. The van der Waals surface area contributed by atoms with Gasteiger partial charge in [0, 0.05) is 12.1 Å². The minimum Gasteiger partial charge on any atom is -0.346 e. The average Bonchev–Trinajstić information content (AvgIpc) is 2.93. The molecule has 1 aliphatic heterocycles. The van der Waals surface area contributed by atoms with Gasteiger partial charge < -0.3 is 16.0 Å². The van der Waals surface area contributed by atoms with E-state index in [1.807, 2.05) is 4.90 Å². The number of benzene rings is 1. The van der Waals surface area contributed by atoms with Crippen molar-refractivity contribution in [2.45, 2.75) is 57.9 Å². The normalized spacial score (nSPS) is 20.6. The minimum atomic E-state index is -0.299. The predicted molar refractivity (Wildman–Crippen MR) is 100 cm³/mol. The van der Waals surface area contributed by atoms with Gasteiger partial charge in [-0.25, -0.2) is 0 Å². The molecule has 1 aliphatic rings. The van der Waals surface area contributed by atoms with Gasteiger partial charge in [-0.3, -0.25) is 9.59 Å². The van der Waals surface area contributed by atoms with Crippen LogP contribution in [0.25, 0.3) is 0 Å². The van der Waals surface area contributed by atoms with Gasteiger partial charge in [-0.05, 0) is 42.7 Å². The standard InChI is InChI=1S/C20H31N3O2/c1-19(2,3)16-8-6-15(7-9-16)12-20(4)10-5-11-23(20)18(25)14-22-17(24)13-21/h6-9H,5,10-14,21H2,1-4H3,(H,22,24). The van der Waals surface area contributed by atoms with Crippen LogP contribution < -0.4 is 11.1 Å². The number of carbonyl (C=O) groups excluding carboxylic acids is 2. The molecule has 1 fully saturated rings. The second kappa shape index (κ2) is 7.56. The maximum atomic E-state index is 12.5. The topological polar surface area (TPSA) is 75.4 Å². The van der Waals surface area contributed by atoms with Gasteiger partial charge in [0.05, 0.1) is 13.1 Å². The van der Waals surface area contributed by atoms with Crippen LogP contribution in [-0.4, -0.2) is 41.9 Å². The third kappa shape index (κ3) is 4.82. The van der Waals surface area contributed by atoms with Crippen LogP contribution in [0.1, 0.15) is 51.7 Å². The molecule has 0 radical (unpaired) electrons. The molecule has 1 heterocycles. The van der Waals surface area contributed by atoms with Crippen molar-refractivity contribution in [3.05, 3.63) is 35.4 Å². The van der Waals surface area contributed by atoms with Crippen LogP contribution in [0.3, 0.4) is 0 Å². The third-order valence-corrected chi connectivity index (χ3v) is 5.08. The summed E-state index contributed by atoms with van der Waals surface area (Å²) in [7, 11) is 0. The lowest BCUT2D eigenvalue weighted by molar-refractivity contribution is -0.135. The second-order valence-electron chi connectivity index (χ2n) is 8.25. The van der Waals surface area contributed by atoms with Crippen LogP contribution in [0.5, 0.6) is 0 Å². The Balaban J connectivity index is 2.06. The maximum Gasteiger partial charge on any atom is 0.242 e. The summed E-state index contributed by atoms with van der Waals surface area (Å²) >= 11 is 0. The molecule has 0 aromatic heterocycles. The number of carbonyl (C=O) groups is 2. The van der Waals surface area contributed by atoms with Crippen LogP contribution in [0, 0.1) is 0 Å². The molecule has 0 saturated carbocycles. The summed E-state index contributed by atoms with van der Waals surface area (Å²) in [6.07, 6.45) is 2.80. The smallest absolute Gasteiger partial charge is 0.242 e. The van der Waals surface area contributed by atoms with E-state index in [1.165, 1.54) is 11.1 Å². The van der Waals surface area contributed by atoms with Crippen LogP contribution in [-0.2, 0) is 21.4 Å². The van der Waals surface area contributed by atoms with E-state index < -0.39 is 0 Å². The molecule has 1 atom stereocenters. The zero-order valence-electron chi connectivity index (χ0n) is 15.9. The molecule has 0 bridgehead atoms. The van der Waals surface area contributed by atoms with E-state index in [0.29, 0.717) is 0 Å². The number of likely N-dealkylation sites (tertiary alicyclic amines) is 1. The number of nitrogens with two attached hydrogens (primary N) is 1. The molecule has 1 aromatic rings. The number of nitrogens with zero attached hydrogens (tertiary/aromatic N) is 1. The summed E-state index contributed by atoms with van der Waals surface area (Å²) in [5.41, 5.74) is 7.76. The third-order valence-electron chi connectivity index (χ3n) is 5.08. The molecule has 3 N–H and O–H groups in total. The Bertz CT molecular complexity index is 619. The summed E-state index contributed by atoms with van der Waals surface area (Å²) in [5.74, 6) is -0.333. The number of hydrogen-bond acceptors (Lipinski definition) is 3. The lowest BCUT2D eigenvalue weighted by atomic mass is 9.85. The number of rotatable bonds is 5. The fourth-order valence-corrected chi connectivity index (χ4v) is 3.54. The molecule has 5 nitrogen and oxygen atoms in total. The molecule has 2 amide bonds. The highest BCUT2D eigenvalue weighted by atomic mass is 16.2. The average molecular weight is 345 g/mol. The van der Waals surface area contributed by atoms with E-state index in [-0.39, 0.29) is 35.9 Å². The van der Waals surface area contributed by atoms with Gasteiger partial charge in [0.15, 0.2) is 0 Å². The summed E-state index contributed by atoms with van der Waals surface area (Å²) in [6, 6.07) is 8.70. The van der Waals surface area contributed by atoms with Crippen molar-refractivity contribution in [3.8, 4) is 0 Å². The van der Waals surface area contributed by atoms with Crippen molar-refractivity contribution in [2.24, 2.45) is 5.73 Å². The van der Waals surface area contributed by atoms with Crippen molar-refractivity contribution in [2.75, 3.05) is 19.6 Å². The lowest BCUT2D eigenvalue weighted by Crippen LogP contribution is -2.50. The summed E-state index contributed by atoms with van der Waals surface area (Å²) < 4.78 is 0. The molecule has 1 saturated heterocycles. The SMILES string of the molecule is CC(C)(C)c1ccc(CC2(C)CCCN2C(=O)CNC(=O)CN)cc1.